The number of hydrogen-bond donors (Lipinski definition) is 5. The molecule has 2 amide bonds. The molecule has 0 aliphatic rings. The zero-order chi connectivity index (χ0) is 12.1. The average molecular weight is 226 g/mol. The first kappa shape index (κ1) is 11.8. The first-order chi connectivity index (χ1) is 7.54. The Kier molecular flexibility index (Phi) is 3.67. The molecular formula is C9H10N2O5. The Labute approximate surface area is 90.3 Å². The second-order valence-corrected chi connectivity index (χ2v) is 2.95. The van der Waals surface area contributed by atoms with Gasteiger partial charge in [-0.1, -0.05) is 6.07 Å². The highest BCUT2D eigenvalue weighted by atomic mass is 16.5. The Bertz CT molecular complexity index is 418. The maximum atomic E-state index is 11.0. The maximum absolute atomic E-state index is 11.0. The van der Waals surface area contributed by atoms with Gasteiger partial charge in [0.25, 0.3) is 5.91 Å². The number of amides is 2. The number of carbonyl (C=O) groups is 2. The molecular weight excluding hydrogens is 216 g/mol. The Morgan fingerprint density at radius 1 is 1.31 bits per heavy atom. The van der Waals surface area contributed by atoms with Gasteiger partial charge in [0.1, 0.15) is 5.75 Å². The fraction of sp³-hybridized carbons (Fsp3) is 0.111. The molecule has 5 N–H and O–H groups in total. The summed E-state index contributed by atoms with van der Waals surface area (Å²) in [6, 6.07) is 3.97. The van der Waals surface area contributed by atoms with E-state index in [1.54, 1.807) is 0 Å². The number of phenols is 1. The Balaban J connectivity index is 2.82. The van der Waals surface area contributed by atoms with Gasteiger partial charge in [-0.2, -0.15) is 0 Å². The fourth-order valence-electron chi connectivity index (χ4n) is 1.12. The molecule has 0 atom stereocenters. The molecule has 7 heteroatoms. The summed E-state index contributed by atoms with van der Waals surface area (Å²) in [6.07, 6.45) is -1.18. The third-order valence-corrected chi connectivity index (χ3v) is 1.85. The second kappa shape index (κ2) is 4.99. The molecule has 0 spiro atoms. The summed E-state index contributed by atoms with van der Waals surface area (Å²) < 4.78 is 0. The molecule has 0 saturated heterocycles. The average Bonchev–Trinajstić information content (AvgIpc) is 2.25. The first-order valence-corrected chi connectivity index (χ1v) is 4.27. The van der Waals surface area contributed by atoms with E-state index in [0.29, 0.717) is 5.56 Å². The van der Waals surface area contributed by atoms with E-state index in [1.807, 2.05) is 0 Å². The van der Waals surface area contributed by atoms with E-state index in [1.165, 1.54) is 23.7 Å². The molecule has 0 saturated carbocycles. The molecule has 7 nitrogen and oxygen atoms in total. The number of carboxylic acid groups (broad SMARTS) is 1. The van der Waals surface area contributed by atoms with Gasteiger partial charge in [0.2, 0.25) is 0 Å². The third-order valence-electron chi connectivity index (χ3n) is 1.85. The van der Waals surface area contributed by atoms with Crippen LogP contribution in [0.2, 0.25) is 0 Å². The molecule has 0 unspecified atom stereocenters. The minimum Gasteiger partial charge on any atom is -0.507 e. The molecule has 0 aliphatic heterocycles. The quantitative estimate of drug-likeness (QED) is 0.374. The number of phenolic OH excluding ortho intramolecular Hbond substituents is 1. The largest absolute Gasteiger partial charge is 0.507 e. The highest BCUT2D eigenvalue weighted by molar-refractivity contribution is 5.96. The summed E-state index contributed by atoms with van der Waals surface area (Å²) in [4.78, 5) is 21.2. The van der Waals surface area contributed by atoms with Gasteiger partial charge in [0.05, 0.1) is 5.56 Å². The number of carbonyl (C=O) groups excluding carboxylic acids is 1. The predicted octanol–water partition coefficient (Wildman–Crippen LogP) is 0.279. The van der Waals surface area contributed by atoms with Gasteiger partial charge in [0.15, 0.2) is 0 Å². The van der Waals surface area contributed by atoms with Crippen molar-refractivity contribution in [1.82, 2.24) is 10.8 Å². The highest BCUT2D eigenvalue weighted by Gasteiger charge is 2.10. The van der Waals surface area contributed by atoms with Crippen molar-refractivity contribution in [3.63, 3.8) is 0 Å². The monoisotopic (exact) mass is 226 g/mol. The summed E-state index contributed by atoms with van der Waals surface area (Å²) >= 11 is 0. The van der Waals surface area contributed by atoms with Gasteiger partial charge in [-0.3, -0.25) is 10.0 Å². The van der Waals surface area contributed by atoms with E-state index < -0.39 is 12.0 Å². The summed E-state index contributed by atoms with van der Waals surface area (Å²) in [5.41, 5.74) is 1.78. The van der Waals surface area contributed by atoms with Crippen molar-refractivity contribution in [2.24, 2.45) is 0 Å². The molecule has 86 valence electrons. The SMILES string of the molecule is O=C(O)NCc1ccc(C(=O)NO)c(O)c1. The summed E-state index contributed by atoms with van der Waals surface area (Å²) in [5, 5.41) is 28.2. The lowest BCUT2D eigenvalue weighted by Gasteiger charge is -2.05. The number of aromatic hydroxyl groups is 1. The molecule has 0 fully saturated rings. The molecule has 16 heavy (non-hydrogen) atoms. The maximum Gasteiger partial charge on any atom is 0.404 e. The zero-order valence-electron chi connectivity index (χ0n) is 8.10. The number of hydroxylamine groups is 1. The fourth-order valence-corrected chi connectivity index (χ4v) is 1.12. The molecule has 1 aromatic rings. The van der Waals surface area contributed by atoms with Crippen molar-refractivity contribution in [3.05, 3.63) is 29.3 Å². The Morgan fingerprint density at radius 3 is 2.50 bits per heavy atom. The van der Waals surface area contributed by atoms with Crippen molar-refractivity contribution in [2.75, 3.05) is 0 Å². The van der Waals surface area contributed by atoms with Crippen LogP contribution in [0.5, 0.6) is 5.75 Å². The lowest BCUT2D eigenvalue weighted by atomic mass is 10.1. The van der Waals surface area contributed by atoms with E-state index >= 15 is 0 Å². The summed E-state index contributed by atoms with van der Waals surface area (Å²) in [5.74, 6) is -1.17. The van der Waals surface area contributed by atoms with Crippen molar-refractivity contribution >= 4 is 12.0 Å². The minimum absolute atomic E-state index is 0.0178. The van der Waals surface area contributed by atoms with Gasteiger partial charge in [-0.25, -0.2) is 10.3 Å². The van der Waals surface area contributed by atoms with Crippen LogP contribution in [-0.4, -0.2) is 27.4 Å². The van der Waals surface area contributed by atoms with Gasteiger partial charge >= 0.3 is 6.09 Å². The molecule has 0 aromatic heterocycles. The molecule has 0 aliphatic carbocycles. The number of rotatable bonds is 3. The predicted molar refractivity (Wildman–Crippen MR) is 52.2 cm³/mol. The van der Waals surface area contributed by atoms with Crippen LogP contribution >= 0.6 is 0 Å². The standard InChI is InChI=1S/C9H10N2O5/c12-7-3-5(4-10-9(14)15)1-2-6(7)8(13)11-16/h1-3,10,12,16H,4H2,(H,11,13)(H,14,15). The van der Waals surface area contributed by atoms with E-state index in [2.05, 4.69) is 5.32 Å². The van der Waals surface area contributed by atoms with E-state index in [-0.39, 0.29) is 17.9 Å². The summed E-state index contributed by atoms with van der Waals surface area (Å²) in [7, 11) is 0. The van der Waals surface area contributed by atoms with Crippen LogP contribution in [0.4, 0.5) is 4.79 Å². The van der Waals surface area contributed by atoms with Gasteiger partial charge in [-0.05, 0) is 17.7 Å². The zero-order valence-corrected chi connectivity index (χ0v) is 8.10. The molecule has 0 radical (unpaired) electrons. The topological polar surface area (TPSA) is 119 Å². The molecule has 1 aromatic carbocycles. The van der Waals surface area contributed by atoms with Crippen LogP contribution < -0.4 is 10.8 Å². The Morgan fingerprint density at radius 2 is 2.00 bits per heavy atom. The van der Waals surface area contributed by atoms with Crippen LogP contribution in [-0.2, 0) is 6.54 Å². The number of benzene rings is 1. The van der Waals surface area contributed by atoms with Crippen LogP contribution in [0.3, 0.4) is 0 Å². The smallest absolute Gasteiger partial charge is 0.404 e. The minimum atomic E-state index is -1.18. The number of hydrogen-bond acceptors (Lipinski definition) is 4. The Hall–Kier alpha value is -2.28. The van der Waals surface area contributed by atoms with Crippen molar-refractivity contribution in [3.8, 4) is 5.75 Å². The highest BCUT2D eigenvalue weighted by Crippen LogP contribution is 2.18. The van der Waals surface area contributed by atoms with E-state index in [4.69, 9.17) is 10.3 Å². The lowest BCUT2D eigenvalue weighted by Crippen LogP contribution is -2.21. The normalized spacial score (nSPS) is 9.56. The van der Waals surface area contributed by atoms with Crippen LogP contribution in [0.15, 0.2) is 18.2 Å². The molecule has 1 rings (SSSR count). The van der Waals surface area contributed by atoms with Crippen molar-refractivity contribution in [1.29, 1.82) is 0 Å². The number of nitrogens with one attached hydrogen (secondary N) is 2. The molecule has 0 heterocycles. The van der Waals surface area contributed by atoms with E-state index in [9.17, 15) is 14.7 Å². The first-order valence-electron chi connectivity index (χ1n) is 4.27. The van der Waals surface area contributed by atoms with Crippen LogP contribution in [0.25, 0.3) is 0 Å². The van der Waals surface area contributed by atoms with Gasteiger partial charge in [0, 0.05) is 6.54 Å². The van der Waals surface area contributed by atoms with Crippen molar-refractivity contribution in [2.45, 2.75) is 6.54 Å². The summed E-state index contributed by atoms with van der Waals surface area (Å²) in [6.45, 7) is 0.0178. The van der Waals surface area contributed by atoms with E-state index in [0.717, 1.165) is 0 Å². The lowest BCUT2D eigenvalue weighted by molar-refractivity contribution is 0.0703. The second-order valence-electron chi connectivity index (χ2n) is 2.95. The van der Waals surface area contributed by atoms with Gasteiger partial charge < -0.3 is 15.5 Å². The molecule has 0 bridgehead atoms. The van der Waals surface area contributed by atoms with Crippen molar-refractivity contribution < 1.29 is 25.0 Å². The van der Waals surface area contributed by atoms with Crippen LogP contribution in [0.1, 0.15) is 15.9 Å². The van der Waals surface area contributed by atoms with Crippen LogP contribution in [0, 0.1) is 0 Å². The third kappa shape index (κ3) is 2.85. The van der Waals surface area contributed by atoms with Gasteiger partial charge in [-0.15, -0.1) is 0 Å².